The van der Waals surface area contributed by atoms with E-state index in [9.17, 15) is 9.59 Å². The number of esters is 1. The maximum Gasteiger partial charge on any atom is 0.338 e. The molecule has 0 radical (unpaired) electrons. The number of Topliss-reactive ketones (excluding diaryl/α,β-unsaturated/α-hetero) is 1. The zero-order valence-electron chi connectivity index (χ0n) is 11.7. The number of rotatable bonds is 4. The highest BCUT2D eigenvalue weighted by Gasteiger charge is 2.18. The Hall–Kier alpha value is -2.24. The van der Waals surface area contributed by atoms with Gasteiger partial charge in [-0.15, -0.1) is 0 Å². The number of hydrogen-bond donors (Lipinski definition) is 0. The number of carbonyl (C=O) groups is 2. The summed E-state index contributed by atoms with van der Waals surface area (Å²) in [6.07, 6.45) is 0. The third-order valence-corrected chi connectivity index (χ3v) is 3.92. The van der Waals surface area contributed by atoms with Gasteiger partial charge in [0.2, 0.25) is 6.79 Å². The van der Waals surface area contributed by atoms with Gasteiger partial charge in [-0.3, -0.25) is 4.79 Å². The van der Waals surface area contributed by atoms with Gasteiger partial charge in [0.1, 0.15) is 0 Å². The van der Waals surface area contributed by atoms with E-state index in [2.05, 4.69) is 0 Å². The number of ketones is 1. The molecule has 0 saturated heterocycles. The first-order valence-electron chi connectivity index (χ1n) is 6.59. The van der Waals surface area contributed by atoms with E-state index in [1.54, 1.807) is 12.1 Å². The standard InChI is InChI=1S/C16H10Cl2O5/c17-11-3-1-9(5-12(11)18)13(19)7-21-16(20)10-2-4-14-15(6-10)23-8-22-14/h1-6H,7-8H2. The summed E-state index contributed by atoms with van der Waals surface area (Å²) in [6, 6.07) is 9.12. The van der Waals surface area contributed by atoms with Gasteiger partial charge < -0.3 is 14.2 Å². The molecule has 0 spiro atoms. The summed E-state index contributed by atoms with van der Waals surface area (Å²) in [6.45, 7) is -0.283. The molecule has 1 aliphatic rings. The van der Waals surface area contributed by atoms with Crippen LogP contribution in [0.5, 0.6) is 11.5 Å². The molecule has 23 heavy (non-hydrogen) atoms. The molecule has 0 atom stereocenters. The van der Waals surface area contributed by atoms with Crippen LogP contribution >= 0.6 is 23.2 Å². The average Bonchev–Trinajstić information content (AvgIpc) is 3.02. The number of carbonyl (C=O) groups excluding carboxylic acids is 2. The topological polar surface area (TPSA) is 61.8 Å². The summed E-state index contributed by atoms with van der Waals surface area (Å²) in [7, 11) is 0. The van der Waals surface area contributed by atoms with Crippen LogP contribution in [0.15, 0.2) is 36.4 Å². The van der Waals surface area contributed by atoms with Crippen LogP contribution in [-0.2, 0) is 4.74 Å². The summed E-state index contributed by atoms with van der Waals surface area (Å²) in [5, 5.41) is 0.611. The molecule has 0 amide bonds. The summed E-state index contributed by atoms with van der Waals surface area (Å²) < 4.78 is 15.4. The van der Waals surface area contributed by atoms with E-state index >= 15 is 0 Å². The van der Waals surface area contributed by atoms with Crippen molar-refractivity contribution in [2.24, 2.45) is 0 Å². The molecule has 5 nitrogen and oxygen atoms in total. The normalized spacial score (nSPS) is 12.1. The van der Waals surface area contributed by atoms with Gasteiger partial charge in [0.25, 0.3) is 0 Å². The van der Waals surface area contributed by atoms with Gasteiger partial charge in [0.05, 0.1) is 15.6 Å². The molecule has 118 valence electrons. The van der Waals surface area contributed by atoms with Gasteiger partial charge in [-0.2, -0.15) is 0 Å². The fraction of sp³-hybridized carbons (Fsp3) is 0.125. The van der Waals surface area contributed by atoms with Crippen molar-refractivity contribution in [1.82, 2.24) is 0 Å². The van der Waals surface area contributed by atoms with Gasteiger partial charge in [0.15, 0.2) is 23.9 Å². The minimum atomic E-state index is -0.628. The Kier molecular flexibility index (Phi) is 4.41. The highest BCUT2D eigenvalue weighted by atomic mass is 35.5. The van der Waals surface area contributed by atoms with Crippen molar-refractivity contribution in [3.63, 3.8) is 0 Å². The lowest BCUT2D eigenvalue weighted by atomic mass is 10.1. The smallest absolute Gasteiger partial charge is 0.338 e. The lowest BCUT2D eigenvalue weighted by Gasteiger charge is -2.06. The van der Waals surface area contributed by atoms with Crippen molar-refractivity contribution >= 4 is 35.0 Å². The zero-order chi connectivity index (χ0) is 16.4. The monoisotopic (exact) mass is 352 g/mol. The minimum absolute atomic E-state index is 0.115. The Bertz CT molecular complexity index is 788. The van der Waals surface area contributed by atoms with Crippen LogP contribution in [0.3, 0.4) is 0 Å². The second-order valence-electron chi connectivity index (χ2n) is 4.70. The van der Waals surface area contributed by atoms with Crippen molar-refractivity contribution in [3.05, 3.63) is 57.6 Å². The first kappa shape index (κ1) is 15.6. The van der Waals surface area contributed by atoms with E-state index in [1.807, 2.05) is 0 Å². The Morgan fingerprint density at radius 3 is 2.48 bits per heavy atom. The summed E-state index contributed by atoms with van der Waals surface area (Å²) >= 11 is 11.6. The predicted octanol–water partition coefficient (Wildman–Crippen LogP) is 3.76. The van der Waals surface area contributed by atoms with Gasteiger partial charge in [0, 0.05) is 5.56 Å². The maximum absolute atomic E-state index is 12.0. The lowest BCUT2D eigenvalue weighted by Crippen LogP contribution is -2.14. The highest BCUT2D eigenvalue weighted by molar-refractivity contribution is 6.42. The number of halogens is 2. The van der Waals surface area contributed by atoms with Crippen LogP contribution in [0.25, 0.3) is 0 Å². The van der Waals surface area contributed by atoms with Crippen molar-refractivity contribution in [2.75, 3.05) is 13.4 Å². The zero-order valence-corrected chi connectivity index (χ0v) is 13.2. The molecule has 3 rings (SSSR count). The Balaban J connectivity index is 1.64. The molecule has 0 fully saturated rings. The quantitative estimate of drug-likeness (QED) is 0.619. The van der Waals surface area contributed by atoms with E-state index in [-0.39, 0.29) is 23.2 Å². The summed E-state index contributed by atoms with van der Waals surface area (Å²) in [5.41, 5.74) is 0.592. The Morgan fingerprint density at radius 1 is 0.957 bits per heavy atom. The van der Waals surface area contributed by atoms with Crippen LogP contribution in [0.1, 0.15) is 20.7 Å². The second-order valence-corrected chi connectivity index (χ2v) is 5.51. The highest BCUT2D eigenvalue weighted by Crippen LogP contribution is 2.32. The predicted molar refractivity (Wildman–Crippen MR) is 83.6 cm³/mol. The lowest BCUT2D eigenvalue weighted by molar-refractivity contribution is 0.0474. The van der Waals surface area contributed by atoms with Crippen LogP contribution in [0.4, 0.5) is 0 Å². The largest absolute Gasteiger partial charge is 0.454 e. The van der Waals surface area contributed by atoms with E-state index in [0.717, 1.165) is 0 Å². The van der Waals surface area contributed by atoms with Gasteiger partial charge >= 0.3 is 5.97 Å². The molecule has 0 aromatic heterocycles. The molecule has 2 aromatic carbocycles. The summed E-state index contributed by atoms with van der Waals surface area (Å²) in [4.78, 5) is 24.0. The maximum atomic E-state index is 12.0. The van der Waals surface area contributed by atoms with Gasteiger partial charge in [-0.05, 0) is 36.4 Å². The third kappa shape index (κ3) is 3.41. The minimum Gasteiger partial charge on any atom is -0.454 e. The van der Waals surface area contributed by atoms with Crippen LogP contribution in [-0.4, -0.2) is 25.2 Å². The fourth-order valence-corrected chi connectivity index (χ4v) is 2.29. The number of ether oxygens (including phenoxy) is 3. The van der Waals surface area contributed by atoms with Crippen molar-refractivity contribution < 1.29 is 23.8 Å². The first-order chi connectivity index (χ1) is 11.0. The molecule has 0 N–H and O–H groups in total. The van der Waals surface area contributed by atoms with Crippen molar-refractivity contribution in [2.45, 2.75) is 0 Å². The van der Waals surface area contributed by atoms with E-state index in [4.69, 9.17) is 37.4 Å². The molecule has 0 bridgehead atoms. The van der Waals surface area contributed by atoms with E-state index in [0.29, 0.717) is 22.1 Å². The molecule has 0 unspecified atom stereocenters. The molecule has 1 aliphatic heterocycles. The molecule has 1 heterocycles. The van der Waals surface area contributed by atoms with Gasteiger partial charge in [-0.25, -0.2) is 4.79 Å². The fourth-order valence-electron chi connectivity index (χ4n) is 1.99. The molecular formula is C16H10Cl2O5. The molecular weight excluding hydrogens is 343 g/mol. The third-order valence-electron chi connectivity index (χ3n) is 3.18. The first-order valence-corrected chi connectivity index (χ1v) is 7.35. The van der Waals surface area contributed by atoms with E-state index in [1.165, 1.54) is 24.3 Å². The molecule has 7 heteroatoms. The average molecular weight is 353 g/mol. The number of benzene rings is 2. The molecule has 2 aromatic rings. The second kappa shape index (κ2) is 6.48. The van der Waals surface area contributed by atoms with Crippen molar-refractivity contribution in [3.8, 4) is 11.5 Å². The van der Waals surface area contributed by atoms with Crippen LogP contribution < -0.4 is 9.47 Å². The van der Waals surface area contributed by atoms with Crippen LogP contribution in [0, 0.1) is 0 Å². The van der Waals surface area contributed by atoms with Crippen LogP contribution in [0.2, 0.25) is 10.0 Å². The van der Waals surface area contributed by atoms with E-state index < -0.39 is 12.6 Å². The van der Waals surface area contributed by atoms with Gasteiger partial charge in [-0.1, -0.05) is 23.2 Å². The molecule has 0 aliphatic carbocycles. The number of fused-ring (bicyclic) bond motifs is 1. The Morgan fingerprint density at radius 2 is 1.70 bits per heavy atom. The SMILES string of the molecule is O=C(COC(=O)c1ccc2c(c1)OCO2)c1ccc(Cl)c(Cl)c1. The number of hydrogen-bond acceptors (Lipinski definition) is 5. The van der Waals surface area contributed by atoms with Crippen molar-refractivity contribution in [1.29, 1.82) is 0 Å². The summed E-state index contributed by atoms with van der Waals surface area (Å²) in [5.74, 6) is 0.0260. The Labute approximate surface area is 141 Å². The molecule has 0 saturated carbocycles.